The van der Waals surface area contributed by atoms with Crippen LogP contribution in [-0.4, -0.2) is 28.1 Å². The number of anilines is 1. The van der Waals surface area contributed by atoms with Gasteiger partial charge in [0, 0.05) is 25.3 Å². The molecule has 0 saturated carbocycles. The van der Waals surface area contributed by atoms with Crippen molar-refractivity contribution >= 4 is 11.6 Å². The van der Waals surface area contributed by atoms with Crippen LogP contribution < -0.4 is 10.1 Å². The van der Waals surface area contributed by atoms with Crippen molar-refractivity contribution in [1.29, 1.82) is 0 Å². The van der Waals surface area contributed by atoms with E-state index < -0.39 is 0 Å². The number of hydrogen-bond donors (Lipinski definition) is 1. The minimum atomic E-state index is -0.0692. The van der Waals surface area contributed by atoms with Crippen LogP contribution in [0.3, 0.4) is 0 Å². The third-order valence-corrected chi connectivity index (χ3v) is 3.01. The number of nitrogens with one attached hydrogen (secondary N) is 1. The summed E-state index contributed by atoms with van der Waals surface area (Å²) >= 11 is 0. The minimum absolute atomic E-state index is 0.0692. The maximum atomic E-state index is 11.8. The number of hydrogen-bond acceptors (Lipinski definition) is 6. The zero-order valence-corrected chi connectivity index (χ0v) is 12.8. The Morgan fingerprint density at radius 3 is 2.91 bits per heavy atom. The van der Waals surface area contributed by atoms with E-state index in [1.165, 1.54) is 0 Å². The van der Waals surface area contributed by atoms with Gasteiger partial charge in [-0.25, -0.2) is 4.98 Å². The predicted octanol–water partition coefficient (Wildman–Crippen LogP) is 2.39. The Labute approximate surface area is 129 Å². The SMILES string of the molecule is CCCc1noc(CCCC(=O)Nc2ccc(OC)nc2)n1. The Morgan fingerprint density at radius 2 is 2.23 bits per heavy atom. The van der Waals surface area contributed by atoms with Gasteiger partial charge in [-0.15, -0.1) is 0 Å². The van der Waals surface area contributed by atoms with Gasteiger partial charge >= 0.3 is 0 Å². The van der Waals surface area contributed by atoms with E-state index >= 15 is 0 Å². The molecule has 0 spiro atoms. The average Bonchev–Trinajstić information content (AvgIpc) is 2.96. The van der Waals surface area contributed by atoms with Gasteiger partial charge in [-0.05, 0) is 18.9 Å². The number of aromatic nitrogens is 3. The second-order valence-electron chi connectivity index (χ2n) is 4.85. The van der Waals surface area contributed by atoms with Crippen molar-refractivity contribution in [3.63, 3.8) is 0 Å². The predicted molar refractivity (Wildman–Crippen MR) is 80.6 cm³/mol. The summed E-state index contributed by atoms with van der Waals surface area (Å²) in [6, 6.07) is 3.45. The first-order valence-corrected chi connectivity index (χ1v) is 7.32. The van der Waals surface area contributed by atoms with Crippen LogP contribution in [0.2, 0.25) is 0 Å². The molecular formula is C15H20N4O3. The first-order chi connectivity index (χ1) is 10.7. The van der Waals surface area contributed by atoms with Gasteiger partial charge in [-0.1, -0.05) is 12.1 Å². The first-order valence-electron chi connectivity index (χ1n) is 7.32. The van der Waals surface area contributed by atoms with Crippen LogP contribution >= 0.6 is 0 Å². The molecule has 2 heterocycles. The topological polar surface area (TPSA) is 90.1 Å². The van der Waals surface area contributed by atoms with Crippen molar-refractivity contribution < 1.29 is 14.1 Å². The smallest absolute Gasteiger partial charge is 0.226 e. The molecule has 0 aliphatic carbocycles. The molecule has 0 unspecified atom stereocenters. The number of aryl methyl sites for hydroxylation is 2. The van der Waals surface area contributed by atoms with Gasteiger partial charge in [0.05, 0.1) is 19.0 Å². The largest absolute Gasteiger partial charge is 0.481 e. The average molecular weight is 304 g/mol. The van der Waals surface area contributed by atoms with Crippen LogP contribution in [0.15, 0.2) is 22.9 Å². The van der Waals surface area contributed by atoms with Gasteiger partial charge in [0.1, 0.15) is 0 Å². The normalized spacial score (nSPS) is 10.5. The lowest BCUT2D eigenvalue weighted by Gasteiger charge is -2.04. The second-order valence-corrected chi connectivity index (χ2v) is 4.85. The molecule has 7 nitrogen and oxygen atoms in total. The third kappa shape index (κ3) is 4.83. The molecule has 0 saturated heterocycles. The van der Waals surface area contributed by atoms with Crippen LogP contribution in [0.25, 0.3) is 0 Å². The molecule has 0 atom stereocenters. The van der Waals surface area contributed by atoms with E-state index in [9.17, 15) is 4.79 Å². The van der Waals surface area contributed by atoms with Crippen molar-refractivity contribution in [2.45, 2.75) is 39.0 Å². The number of carbonyl (C=O) groups excluding carboxylic acids is 1. The molecule has 0 aliphatic rings. The van der Waals surface area contributed by atoms with E-state index in [-0.39, 0.29) is 5.91 Å². The van der Waals surface area contributed by atoms with Crippen molar-refractivity contribution in [3.8, 4) is 5.88 Å². The van der Waals surface area contributed by atoms with Crippen LogP contribution in [0.5, 0.6) is 5.88 Å². The van der Waals surface area contributed by atoms with Gasteiger partial charge in [0.2, 0.25) is 17.7 Å². The number of amides is 1. The number of pyridine rings is 1. The standard InChI is InChI=1S/C15H20N4O3/c1-3-5-12-18-15(22-19-12)7-4-6-13(20)17-11-8-9-14(21-2)16-10-11/h8-10H,3-7H2,1-2H3,(H,17,20). The van der Waals surface area contributed by atoms with Crippen LogP contribution in [-0.2, 0) is 17.6 Å². The van der Waals surface area contributed by atoms with E-state index in [1.54, 1.807) is 25.4 Å². The summed E-state index contributed by atoms with van der Waals surface area (Å²) in [5, 5.41) is 6.66. The third-order valence-electron chi connectivity index (χ3n) is 3.01. The highest BCUT2D eigenvalue weighted by Gasteiger charge is 2.08. The van der Waals surface area contributed by atoms with Crippen LogP contribution in [0.1, 0.15) is 37.9 Å². The molecule has 0 bridgehead atoms. The Balaban J connectivity index is 1.72. The molecular weight excluding hydrogens is 284 g/mol. The highest BCUT2D eigenvalue weighted by atomic mass is 16.5. The number of methoxy groups -OCH3 is 1. The lowest BCUT2D eigenvalue weighted by molar-refractivity contribution is -0.116. The number of carbonyl (C=O) groups is 1. The Kier molecular flexibility index (Phi) is 5.88. The molecule has 0 aromatic carbocycles. The summed E-state index contributed by atoms with van der Waals surface area (Å²) < 4.78 is 10.1. The first kappa shape index (κ1) is 15.9. The van der Waals surface area contributed by atoms with Crippen molar-refractivity contribution in [2.75, 3.05) is 12.4 Å². The maximum Gasteiger partial charge on any atom is 0.226 e. The number of ether oxygens (including phenoxy) is 1. The lowest BCUT2D eigenvalue weighted by Crippen LogP contribution is -2.11. The van der Waals surface area contributed by atoms with Gasteiger partial charge < -0.3 is 14.6 Å². The Bertz CT molecular complexity index is 595. The molecule has 22 heavy (non-hydrogen) atoms. The molecule has 7 heteroatoms. The fourth-order valence-corrected chi connectivity index (χ4v) is 1.92. The van der Waals surface area contributed by atoms with Crippen LogP contribution in [0, 0.1) is 0 Å². The molecule has 2 aromatic rings. The van der Waals surface area contributed by atoms with E-state index in [0.717, 1.165) is 18.7 Å². The monoisotopic (exact) mass is 304 g/mol. The molecule has 0 radical (unpaired) electrons. The Morgan fingerprint density at radius 1 is 1.36 bits per heavy atom. The summed E-state index contributed by atoms with van der Waals surface area (Å²) in [4.78, 5) is 20.1. The molecule has 2 rings (SSSR count). The maximum absolute atomic E-state index is 11.8. The number of nitrogens with zero attached hydrogens (tertiary/aromatic N) is 3. The molecule has 118 valence electrons. The quantitative estimate of drug-likeness (QED) is 0.805. The summed E-state index contributed by atoms with van der Waals surface area (Å²) in [5.41, 5.74) is 0.647. The van der Waals surface area contributed by atoms with Crippen molar-refractivity contribution in [2.24, 2.45) is 0 Å². The van der Waals surface area contributed by atoms with Crippen LogP contribution in [0.4, 0.5) is 5.69 Å². The van der Waals surface area contributed by atoms with E-state index in [2.05, 4.69) is 27.4 Å². The minimum Gasteiger partial charge on any atom is -0.481 e. The van der Waals surface area contributed by atoms with Crippen molar-refractivity contribution in [3.05, 3.63) is 30.0 Å². The van der Waals surface area contributed by atoms with Crippen molar-refractivity contribution in [1.82, 2.24) is 15.1 Å². The fraction of sp³-hybridized carbons (Fsp3) is 0.467. The molecule has 1 amide bonds. The number of rotatable bonds is 8. The Hall–Kier alpha value is -2.44. The lowest BCUT2D eigenvalue weighted by atomic mass is 10.2. The van der Waals surface area contributed by atoms with Gasteiger partial charge in [-0.2, -0.15) is 4.98 Å². The van der Waals surface area contributed by atoms with Gasteiger partial charge in [0.15, 0.2) is 5.82 Å². The molecule has 0 aliphatic heterocycles. The summed E-state index contributed by atoms with van der Waals surface area (Å²) in [5.74, 6) is 1.76. The molecule has 1 N–H and O–H groups in total. The fourth-order valence-electron chi connectivity index (χ4n) is 1.92. The van der Waals surface area contributed by atoms with E-state index in [1.807, 2.05) is 0 Å². The van der Waals surface area contributed by atoms with E-state index in [4.69, 9.17) is 9.26 Å². The summed E-state index contributed by atoms with van der Waals surface area (Å²) in [6.07, 6.45) is 5.00. The zero-order chi connectivity index (χ0) is 15.8. The molecule has 0 fully saturated rings. The summed E-state index contributed by atoms with van der Waals surface area (Å²) in [7, 11) is 1.55. The van der Waals surface area contributed by atoms with Gasteiger partial charge in [0.25, 0.3) is 0 Å². The molecule has 2 aromatic heterocycles. The second kappa shape index (κ2) is 8.11. The van der Waals surface area contributed by atoms with Gasteiger partial charge in [-0.3, -0.25) is 4.79 Å². The van der Waals surface area contributed by atoms with E-state index in [0.29, 0.717) is 36.7 Å². The highest BCUT2D eigenvalue weighted by Crippen LogP contribution is 2.12. The highest BCUT2D eigenvalue weighted by molar-refractivity contribution is 5.90. The summed E-state index contributed by atoms with van der Waals surface area (Å²) in [6.45, 7) is 2.06. The zero-order valence-electron chi connectivity index (χ0n) is 12.8.